The van der Waals surface area contributed by atoms with E-state index >= 15 is 0 Å². The summed E-state index contributed by atoms with van der Waals surface area (Å²) in [6.07, 6.45) is 3.04. The lowest BCUT2D eigenvalue weighted by Crippen LogP contribution is -2.36. The Hall–Kier alpha value is -3.68. The van der Waals surface area contributed by atoms with Crippen LogP contribution in [0.1, 0.15) is 12.5 Å². The fraction of sp³-hybridized carbons (Fsp3) is 0.304. The number of amides is 2. The van der Waals surface area contributed by atoms with Crippen molar-refractivity contribution in [1.82, 2.24) is 4.90 Å². The Bertz CT molecular complexity index is 916. The van der Waals surface area contributed by atoms with E-state index in [1.807, 2.05) is 6.92 Å². The zero-order valence-electron chi connectivity index (χ0n) is 18.4. The second-order valence-corrected chi connectivity index (χ2v) is 6.42. The predicted octanol–water partition coefficient (Wildman–Crippen LogP) is 3.22. The van der Waals surface area contributed by atoms with Crippen molar-refractivity contribution < 1.29 is 28.5 Å². The van der Waals surface area contributed by atoms with Crippen LogP contribution in [0.15, 0.2) is 42.5 Å². The van der Waals surface area contributed by atoms with Crippen molar-refractivity contribution in [3.8, 4) is 23.0 Å². The summed E-state index contributed by atoms with van der Waals surface area (Å²) in [7, 11) is 6.12. The number of benzene rings is 2. The standard InChI is InChI=1S/C23H28N2O6/c1-6-25(15-21(26)24-17-8-7-9-18(14-17)28-2)22(27)11-10-16-12-19(29-3)23(31-5)20(13-16)30-4/h7-14H,6,15H2,1-5H3,(H,24,26)/b11-10+. The van der Waals surface area contributed by atoms with E-state index in [0.29, 0.717) is 40.8 Å². The van der Waals surface area contributed by atoms with Gasteiger partial charge in [-0.1, -0.05) is 6.07 Å². The third-order valence-electron chi connectivity index (χ3n) is 4.49. The molecule has 8 heteroatoms. The Morgan fingerprint density at radius 2 is 1.65 bits per heavy atom. The molecular weight excluding hydrogens is 400 g/mol. The molecule has 0 radical (unpaired) electrons. The average molecular weight is 428 g/mol. The van der Waals surface area contributed by atoms with E-state index in [4.69, 9.17) is 18.9 Å². The number of anilines is 1. The lowest BCUT2D eigenvalue weighted by Gasteiger charge is -2.19. The van der Waals surface area contributed by atoms with Crippen LogP contribution in [0, 0.1) is 0 Å². The van der Waals surface area contributed by atoms with Crippen LogP contribution in [0.3, 0.4) is 0 Å². The third-order valence-corrected chi connectivity index (χ3v) is 4.49. The minimum absolute atomic E-state index is 0.0772. The number of rotatable bonds is 10. The third kappa shape index (κ3) is 6.40. The number of nitrogens with zero attached hydrogens (tertiary/aromatic N) is 1. The Labute approximate surface area is 182 Å². The highest BCUT2D eigenvalue weighted by molar-refractivity contribution is 5.98. The van der Waals surface area contributed by atoms with Crippen molar-refractivity contribution in [2.75, 3.05) is 46.8 Å². The summed E-state index contributed by atoms with van der Waals surface area (Å²) in [4.78, 5) is 26.4. The summed E-state index contributed by atoms with van der Waals surface area (Å²) < 4.78 is 21.1. The maximum Gasteiger partial charge on any atom is 0.247 e. The summed E-state index contributed by atoms with van der Waals surface area (Å²) in [6.45, 7) is 2.11. The van der Waals surface area contributed by atoms with Gasteiger partial charge in [0.1, 0.15) is 12.3 Å². The largest absolute Gasteiger partial charge is 0.497 e. The first-order valence-corrected chi connectivity index (χ1v) is 9.66. The zero-order chi connectivity index (χ0) is 22.8. The first kappa shape index (κ1) is 23.6. The van der Waals surface area contributed by atoms with Crippen molar-refractivity contribution in [3.05, 3.63) is 48.0 Å². The molecular formula is C23H28N2O6. The van der Waals surface area contributed by atoms with Crippen molar-refractivity contribution >= 4 is 23.6 Å². The Kier molecular flexibility index (Phi) is 8.75. The molecule has 8 nitrogen and oxygen atoms in total. The van der Waals surface area contributed by atoms with E-state index in [0.717, 1.165) is 0 Å². The molecule has 2 rings (SSSR count). The topological polar surface area (TPSA) is 86.3 Å². The van der Waals surface area contributed by atoms with Crippen molar-refractivity contribution in [2.24, 2.45) is 0 Å². The number of hydrogen-bond acceptors (Lipinski definition) is 6. The van der Waals surface area contributed by atoms with Gasteiger partial charge in [-0.25, -0.2) is 0 Å². The van der Waals surface area contributed by atoms with Gasteiger partial charge in [0.25, 0.3) is 0 Å². The SMILES string of the molecule is CCN(CC(=O)Nc1cccc(OC)c1)C(=O)/C=C/c1cc(OC)c(OC)c(OC)c1. The molecule has 2 aromatic rings. The summed E-state index contributed by atoms with van der Waals surface area (Å²) >= 11 is 0. The van der Waals surface area contributed by atoms with E-state index in [1.165, 1.54) is 32.3 Å². The van der Waals surface area contributed by atoms with Crippen LogP contribution in [0.25, 0.3) is 6.08 Å². The van der Waals surface area contributed by atoms with Gasteiger partial charge in [-0.05, 0) is 42.8 Å². The number of hydrogen-bond donors (Lipinski definition) is 1. The highest BCUT2D eigenvalue weighted by atomic mass is 16.5. The fourth-order valence-electron chi connectivity index (χ4n) is 2.89. The lowest BCUT2D eigenvalue weighted by molar-refractivity contribution is -0.130. The molecule has 0 saturated carbocycles. The number of likely N-dealkylation sites (N-methyl/N-ethyl adjacent to an activating group) is 1. The number of carbonyl (C=O) groups excluding carboxylic acids is 2. The van der Waals surface area contributed by atoms with Crippen LogP contribution >= 0.6 is 0 Å². The summed E-state index contributed by atoms with van der Waals surface area (Å²) in [5.41, 5.74) is 1.29. The van der Waals surface area contributed by atoms with Crippen LogP contribution in [-0.4, -0.2) is 58.2 Å². The molecule has 0 fully saturated rings. The normalized spacial score (nSPS) is 10.5. The first-order valence-electron chi connectivity index (χ1n) is 9.66. The summed E-state index contributed by atoms with van der Waals surface area (Å²) in [6, 6.07) is 10.5. The monoisotopic (exact) mass is 428 g/mol. The van der Waals surface area contributed by atoms with Crippen molar-refractivity contribution in [3.63, 3.8) is 0 Å². The minimum atomic E-state index is -0.301. The van der Waals surface area contributed by atoms with Crippen LogP contribution in [0.2, 0.25) is 0 Å². The molecule has 0 saturated heterocycles. The van der Waals surface area contributed by atoms with Crippen LogP contribution in [-0.2, 0) is 9.59 Å². The van der Waals surface area contributed by atoms with E-state index in [1.54, 1.807) is 49.6 Å². The molecule has 0 unspecified atom stereocenters. The van der Waals surface area contributed by atoms with Gasteiger partial charge >= 0.3 is 0 Å². The second-order valence-electron chi connectivity index (χ2n) is 6.42. The number of ether oxygens (including phenoxy) is 4. The highest BCUT2D eigenvalue weighted by Crippen LogP contribution is 2.38. The lowest BCUT2D eigenvalue weighted by atomic mass is 10.1. The van der Waals surface area contributed by atoms with Crippen LogP contribution < -0.4 is 24.3 Å². The Balaban J connectivity index is 2.08. The van der Waals surface area contributed by atoms with Gasteiger partial charge in [-0.2, -0.15) is 0 Å². The smallest absolute Gasteiger partial charge is 0.247 e. The molecule has 0 heterocycles. The van der Waals surface area contributed by atoms with Gasteiger partial charge in [0.2, 0.25) is 17.6 Å². The summed E-state index contributed by atoms with van der Waals surface area (Å²) in [5, 5.41) is 2.77. The molecule has 0 spiro atoms. The Morgan fingerprint density at radius 3 is 2.19 bits per heavy atom. The second kappa shape index (κ2) is 11.5. The molecule has 2 amide bonds. The van der Waals surface area contributed by atoms with Crippen molar-refractivity contribution in [1.29, 1.82) is 0 Å². The molecule has 31 heavy (non-hydrogen) atoms. The number of methoxy groups -OCH3 is 4. The molecule has 0 bridgehead atoms. The Morgan fingerprint density at radius 1 is 0.968 bits per heavy atom. The molecule has 0 aliphatic carbocycles. The molecule has 0 aromatic heterocycles. The van der Waals surface area contributed by atoms with E-state index in [-0.39, 0.29) is 18.4 Å². The van der Waals surface area contributed by atoms with Gasteiger partial charge in [-0.3, -0.25) is 9.59 Å². The van der Waals surface area contributed by atoms with E-state index in [2.05, 4.69) is 5.32 Å². The quantitative estimate of drug-likeness (QED) is 0.585. The molecule has 0 atom stereocenters. The molecule has 2 aromatic carbocycles. The maximum atomic E-state index is 12.6. The van der Waals surface area contributed by atoms with Gasteiger partial charge in [-0.15, -0.1) is 0 Å². The van der Waals surface area contributed by atoms with Gasteiger partial charge < -0.3 is 29.2 Å². The molecule has 0 aliphatic rings. The molecule has 166 valence electrons. The van der Waals surface area contributed by atoms with Gasteiger partial charge in [0.15, 0.2) is 11.5 Å². The highest BCUT2D eigenvalue weighted by Gasteiger charge is 2.15. The first-order chi connectivity index (χ1) is 14.9. The zero-order valence-corrected chi connectivity index (χ0v) is 18.4. The predicted molar refractivity (Wildman–Crippen MR) is 119 cm³/mol. The van der Waals surface area contributed by atoms with E-state index in [9.17, 15) is 9.59 Å². The summed E-state index contributed by atoms with van der Waals surface area (Å²) in [5.74, 6) is 1.48. The number of nitrogens with one attached hydrogen (secondary N) is 1. The van der Waals surface area contributed by atoms with Crippen LogP contribution in [0.4, 0.5) is 5.69 Å². The fourth-order valence-corrected chi connectivity index (χ4v) is 2.89. The minimum Gasteiger partial charge on any atom is -0.497 e. The molecule has 1 N–H and O–H groups in total. The van der Waals surface area contributed by atoms with Gasteiger partial charge in [0.05, 0.1) is 28.4 Å². The van der Waals surface area contributed by atoms with Crippen LogP contribution in [0.5, 0.6) is 23.0 Å². The maximum absolute atomic E-state index is 12.6. The number of carbonyl (C=O) groups is 2. The average Bonchev–Trinajstić information content (AvgIpc) is 2.80. The van der Waals surface area contributed by atoms with E-state index < -0.39 is 0 Å². The van der Waals surface area contributed by atoms with Gasteiger partial charge in [0, 0.05) is 24.4 Å². The molecule has 0 aliphatic heterocycles. The van der Waals surface area contributed by atoms with Crippen molar-refractivity contribution in [2.45, 2.75) is 6.92 Å².